The Morgan fingerprint density at radius 3 is 2.23 bits per heavy atom. The number of hydrogen-bond donors (Lipinski definition) is 2. The van der Waals surface area contributed by atoms with Crippen molar-refractivity contribution in [2.24, 2.45) is 0 Å². The van der Waals surface area contributed by atoms with E-state index in [1.165, 1.54) is 0 Å². The predicted octanol–water partition coefficient (Wildman–Crippen LogP) is 3.86. The van der Waals surface area contributed by atoms with Gasteiger partial charge in [-0.3, -0.25) is 0 Å². The second-order valence-electron chi connectivity index (χ2n) is 8.46. The van der Waals surface area contributed by atoms with Crippen LogP contribution in [0.2, 0.25) is 0 Å². The number of hydrogen-bond acceptors (Lipinski definition) is 5. The van der Waals surface area contributed by atoms with Gasteiger partial charge < -0.3 is 15.2 Å². The number of benzene rings is 3. The Morgan fingerprint density at radius 1 is 0.943 bits per heavy atom. The van der Waals surface area contributed by atoms with E-state index in [1.807, 2.05) is 66.7 Å². The molecule has 1 aromatic heterocycles. The zero-order chi connectivity index (χ0) is 24.2. The molecule has 3 aromatic carbocycles. The number of alkyl carbamates (subject to hydrolysis) is 1. The molecule has 2 N–H and O–H groups in total. The van der Waals surface area contributed by atoms with Crippen LogP contribution in [0.4, 0.5) is 4.79 Å². The number of carbonyl (C=O) groups excluding carboxylic acids is 1. The number of amides is 1. The molecule has 0 saturated carbocycles. The highest BCUT2D eigenvalue weighted by molar-refractivity contribution is 5.81. The van der Waals surface area contributed by atoms with Crippen LogP contribution < -0.4 is 5.32 Å². The topological polar surface area (TPSA) is 106 Å². The van der Waals surface area contributed by atoms with Crippen molar-refractivity contribution in [3.8, 4) is 11.1 Å². The SMILES string of the molecule is O=C(N[C@@H](Cc1cn(Cc2ccccc2)nn1)C(=O)O)OCC1c2ccccc2-c2ccccc21. The van der Waals surface area contributed by atoms with Gasteiger partial charge in [0.05, 0.1) is 12.2 Å². The maximum atomic E-state index is 12.5. The van der Waals surface area contributed by atoms with E-state index >= 15 is 0 Å². The molecule has 1 heterocycles. The highest BCUT2D eigenvalue weighted by Crippen LogP contribution is 2.44. The first-order chi connectivity index (χ1) is 17.1. The minimum atomic E-state index is -1.19. The van der Waals surface area contributed by atoms with Gasteiger partial charge in [0.25, 0.3) is 0 Å². The molecule has 0 radical (unpaired) electrons. The largest absolute Gasteiger partial charge is 0.480 e. The van der Waals surface area contributed by atoms with Gasteiger partial charge in [0.2, 0.25) is 0 Å². The van der Waals surface area contributed by atoms with E-state index in [0.29, 0.717) is 12.2 Å². The van der Waals surface area contributed by atoms with Crippen LogP contribution in [-0.2, 0) is 22.5 Å². The van der Waals surface area contributed by atoms with Gasteiger partial charge in [0.1, 0.15) is 12.6 Å². The van der Waals surface area contributed by atoms with Crippen molar-refractivity contribution in [2.75, 3.05) is 6.61 Å². The molecule has 1 aliphatic rings. The number of fused-ring (bicyclic) bond motifs is 3. The molecule has 0 fully saturated rings. The Balaban J connectivity index is 1.21. The normalized spacial score (nSPS) is 13.0. The van der Waals surface area contributed by atoms with Gasteiger partial charge in [-0.1, -0.05) is 84.1 Å². The first-order valence-electron chi connectivity index (χ1n) is 11.4. The molecule has 0 aliphatic heterocycles. The van der Waals surface area contributed by atoms with Crippen molar-refractivity contribution >= 4 is 12.1 Å². The molecule has 0 unspecified atom stereocenters. The average molecular weight is 469 g/mol. The molecule has 0 bridgehead atoms. The summed E-state index contributed by atoms with van der Waals surface area (Å²) in [5.74, 6) is -1.27. The molecular formula is C27H24N4O4. The highest BCUT2D eigenvalue weighted by atomic mass is 16.5. The van der Waals surface area contributed by atoms with E-state index in [-0.39, 0.29) is 18.9 Å². The molecular weight excluding hydrogens is 444 g/mol. The second-order valence-corrected chi connectivity index (χ2v) is 8.46. The van der Waals surface area contributed by atoms with Crippen LogP contribution in [0, 0.1) is 0 Å². The Bertz CT molecular complexity index is 1310. The van der Waals surface area contributed by atoms with Crippen molar-refractivity contribution in [2.45, 2.75) is 24.9 Å². The fraction of sp³-hybridized carbons (Fsp3) is 0.185. The third-order valence-corrected chi connectivity index (χ3v) is 6.12. The Morgan fingerprint density at radius 2 is 1.57 bits per heavy atom. The van der Waals surface area contributed by atoms with E-state index in [9.17, 15) is 14.7 Å². The van der Waals surface area contributed by atoms with Crippen LogP contribution in [-0.4, -0.2) is 44.8 Å². The van der Waals surface area contributed by atoms with E-state index in [4.69, 9.17) is 4.74 Å². The van der Waals surface area contributed by atoms with Gasteiger partial charge in [0, 0.05) is 18.5 Å². The lowest BCUT2D eigenvalue weighted by molar-refractivity contribution is -0.139. The van der Waals surface area contributed by atoms with Crippen LogP contribution in [0.5, 0.6) is 0 Å². The zero-order valence-corrected chi connectivity index (χ0v) is 18.9. The second kappa shape index (κ2) is 9.80. The smallest absolute Gasteiger partial charge is 0.407 e. The molecule has 0 spiro atoms. The number of rotatable bonds is 8. The number of carboxylic acid groups (broad SMARTS) is 1. The summed E-state index contributed by atoms with van der Waals surface area (Å²) in [6.07, 6.45) is 0.896. The summed E-state index contributed by atoms with van der Waals surface area (Å²) in [6.45, 7) is 0.630. The van der Waals surface area contributed by atoms with E-state index in [2.05, 4.69) is 27.8 Å². The number of nitrogens with one attached hydrogen (secondary N) is 1. The Hall–Kier alpha value is -4.46. The van der Waals surface area contributed by atoms with Gasteiger partial charge in [-0.05, 0) is 27.8 Å². The number of ether oxygens (including phenoxy) is 1. The third-order valence-electron chi connectivity index (χ3n) is 6.12. The number of carboxylic acids is 1. The van der Waals surface area contributed by atoms with Crippen LogP contribution in [0.3, 0.4) is 0 Å². The molecule has 1 aliphatic carbocycles. The van der Waals surface area contributed by atoms with Gasteiger partial charge in [-0.15, -0.1) is 5.10 Å². The average Bonchev–Trinajstić information content (AvgIpc) is 3.45. The van der Waals surface area contributed by atoms with Gasteiger partial charge >= 0.3 is 12.1 Å². The number of aliphatic carboxylic acids is 1. The van der Waals surface area contributed by atoms with Gasteiger partial charge in [-0.25, -0.2) is 14.3 Å². The van der Waals surface area contributed by atoms with E-state index < -0.39 is 18.1 Å². The van der Waals surface area contributed by atoms with Crippen molar-refractivity contribution in [1.29, 1.82) is 0 Å². The first kappa shape index (κ1) is 22.3. The van der Waals surface area contributed by atoms with Gasteiger partial charge in [-0.2, -0.15) is 0 Å². The quantitative estimate of drug-likeness (QED) is 0.407. The highest BCUT2D eigenvalue weighted by Gasteiger charge is 2.30. The van der Waals surface area contributed by atoms with E-state index in [0.717, 1.165) is 27.8 Å². The monoisotopic (exact) mass is 468 g/mol. The Labute approximate surface area is 202 Å². The zero-order valence-electron chi connectivity index (χ0n) is 18.9. The van der Waals surface area contributed by atoms with Crippen molar-refractivity contribution in [1.82, 2.24) is 20.3 Å². The molecule has 5 rings (SSSR count). The maximum Gasteiger partial charge on any atom is 0.407 e. The van der Waals surface area contributed by atoms with Crippen LogP contribution >= 0.6 is 0 Å². The summed E-state index contributed by atoms with van der Waals surface area (Å²) >= 11 is 0. The van der Waals surface area contributed by atoms with Crippen LogP contribution in [0.15, 0.2) is 85.1 Å². The number of aromatic nitrogens is 3. The summed E-state index contributed by atoms with van der Waals surface area (Å²) in [4.78, 5) is 24.3. The van der Waals surface area contributed by atoms with Crippen molar-refractivity contribution in [3.63, 3.8) is 0 Å². The molecule has 0 saturated heterocycles. The summed E-state index contributed by atoms with van der Waals surface area (Å²) in [5, 5.41) is 20.2. The third kappa shape index (κ3) is 4.91. The van der Waals surface area contributed by atoms with Crippen molar-refractivity contribution < 1.29 is 19.4 Å². The molecule has 4 aromatic rings. The number of carbonyl (C=O) groups is 2. The fourth-order valence-corrected chi connectivity index (χ4v) is 4.47. The van der Waals surface area contributed by atoms with Gasteiger partial charge in [0.15, 0.2) is 0 Å². The number of nitrogens with zero attached hydrogens (tertiary/aromatic N) is 3. The summed E-state index contributed by atoms with van der Waals surface area (Å²) in [5.41, 5.74) is 5.94. The molecule has 176 valence electrons. The lowest BCUT2D eigenvalue weighted by atomic mass is 9.98. The molecule has 35 heavy (non-hydrogen) atoms. The van der Waals surface area contributed by atoms with E-state index in [1.54, 1.807) is 10.9 Å². The summed E-state index contributed by atoms with van der Waals surface area (Å²) < 4.78 is 7.12. The molecule has 8 heteroatoms. The first-order valence-corrected chi connectivity index (χ1v) is 11.4. The van der Waals surface area contributed by atoms with Crippen molar-refractivity contribution in [3.05, 3.63) is 107 Å². The summed E-state index contributed by atoms with van der Waals surface area (Å²) in [7, 11) is 0. The molecule has 1 amide bonds. The lowest BCUT2D eigenvalue weighted by Crippen LogP contribution is -2.43. The molecule has 8 nitrogen and oxygen atoms in total. The Kier molecular flexibility index (Phi) is 6.26. The predicted molar refractivity (Wildman–Crippen MR) is 129 cm³/mol. The minimum Gasteiger partial charge on any atom is -0.480 e. The molecule has 1 atom stereocenters. The fourth-order valence-electron chi connectivity index (χ4n) is 4.47. The maximum absolute atomic E-state index is 12.5. The summed E-state index contributed by atoms with van der Waals surface area (Å²) in [6, 6.07) is 24.6. The van der Waals surface area contributed by atoms with Crippen LogP contribution in [0.1, 0.15) is 28.3 Å². The van der Waals surface area contributed by atoms with Crippen LogP contribution in [0.25, 0.3) is 11.1 Å². The standard InChI is InChI=1S/C27H24N4O4/c32-26(33)25(14-19-16-31(30-29-19)15-18-8-2-1-3-9-18)28-27(34)35-17-24-22-12-6-4-10-20(22)21-11-5-7-13-23(21)24/h1-13,16,24-25H,14-15,17H2,(H,28,34)(H,32,33)/t25-/m0/s1. The minimum absolute atomic E-state index is 0.00564. The lowest BCUT2D eigenvalue weighted by Gasteiger charge is -2.17.